The Bertz CT molecular complexity index is 1030. The average molecular weight is 483 g/mol. The third-order valence-electron chi connectivity index (χ3n) is 6.85. The second kappa shape index (κ2) is 11.1. The molecule has 1 unspecified atom stereocenters. The fourth-order valence-electron chi connectivity index (χ4n) is 5.12. The van der Waals surface area contributed by atoms with Crippen LogP contribution in [0.25, 0.3) is 0 Å². The molecule has 4 rings (SSSR count). The number of ether oxygens (including phenoxy) is 2. The predicted octanol–water partition coefficient (Wildman–Crippen LogP) is 5.26. The minimum atomic E-state index is -0.786. The van der Waals surface area contributed by atoms with Gasteiger partial charge in [0.2, 0.25) is 5.91 Å². The highest BCUT2D eigenvalue weighted by Crippen LogP contribution is 2.37. The monoisotopic (exact) mass is 482 g/mol. The zero-order valence-corrected chi connectivity index (χ0v) is 20.8. The molecule has 1 atom stereocenters. The molecule has 35 heavy (non-hydrogen) atoms. The summed E-state index contributed by atoms with van der Waals surface area (Å²) in [4.78, 5) is 30.9. The van der Waals surface area contributed by atoms with Gasteiger partial charge in [-0.2, -0.15) is 0 Å². The third-order valence-corrected chi connectivity index (χ3v) is 6.85. The van der Waals surface area contributed by atoms with Gasteiger partial charge in [-0.3, -0.25) is 9.59 Å². The van der Waals surface area contributed by atoms with Gasteiger partial charge in [0.05, 0.1) is 13.2 Å². The quantitative estimate of drug-likeness (QED) is 0.506. The highest BCUT2D eigenvalue weighted by Gasteiger charge is 2.43. The first-order chi connectivity index (χ1) is 16.9. The van der Waals surface area contributed by atoms with Crippen molar-refractivity contribution in [2.45, 2.75) is 77.1 Å². The molecule has 2 fully saturated rings. The van der Waals surface area contributed by atoms with Crippen LogP contribution in [0.3, 0.4) is 0 Å². The van der Waals surface area contributed by atoms with Gasteiger partial charge in [-0.05, 0) is 62.1 Å². The van der Waals surface area contributed by atoms with Crippen molar-refractivity contribution in [1.29, 1.82) is 0 Å². The van der Waals surface area contributed by atoms with Crippen LogP contribution in [0.15, 0.2) is 42.5 Å². The van der Waals surface area contributed by atoms with Crippen LogP contribution in [0.1, 0.15) is 69.5 Å². The smallest absolute Gasteiger partial charge is 0.250 e. The first-order valence-electron chi connectivity index (χ1n) is 12.6. The first kappa shape index (κ1) is 25.0. The van der Waals surface area contributed by atoms with E-state index < -0.39 is 6.04 Å². The van der Waals surface area contributed by atoms with Gasteiger partial charge in [0.15, 0.2) is 11.5 Å². The van der Waals surface area contributed by atoms with Crippen LogP contribution in [0.4, 0.5) is 4.39 Å². The van der Waals surface area contributed by atoms with Gasteiger partial charge >= 0.3 is 0 Å². The molecule has 1 heterocycles. The minimum absolute atomic E-state index is 0.0339. The number of halogens is 1. The first-order valence-corrected chi connectivity index (χ1v) is 12.6. The molecule has 7 heteroatoms. The van der Waals surface area contributed by atoms with E-state index in [0.29, 0.717) is 17.1 Å². The summed E-state index contributed by atoms with van der Waals surface area (Å²) in [6, 6.07) is 10.8. The summed E-state index contributed by atoms with van der Waals surface area (Å²) in [7, 11) is 1.56. The van der Waals surface area contributed by atoms with Crippen molar-refractivity contribution in [3.05, 3.63) is 59.4 Å². The topological polar surface area (TPSA) is 59.1 Å². The summed E-state index contributed by atoms with van der Waals surface area (Å²) in [6.07, 6.45) is 6.29. The Morgan fingerprint density at radius 1 is 0.971 bits per heavy atom. The molecule has 1 aliphatic carbocycles. The fraction of sp³-hybridized carbons (Fsp3) is 0.500. The Labute approximate surface area is 207 Å². The van der Waals surface area contributed by atoms with Crippen molar-refractivity contribution in [2.75, 3.05) is 13.7 Å². The van der Waals surface area contributed by atoms with Crippen molar-refractivity contribution in [3.8, 4) is 11.5 Å². The summed E-state index contributed by atoms with van der Waals surface area (Å²) in [6.45, 7) is 4.17. The Balaban J connectivity index is 1.71. The maximum absolute atomic E-state index is 14.0. The van der Waals surface area contributed by atoms with Crippen LogP contribution < -0.4 is 9.47 Å². The zero-order valence-electron chi connectivity index (χ0n) is 20.8. The molecule has 2 aromatic carbocycles. The molecule has 2 aromatic rings. The van der Waals surface area contributed by atoms with Crippen molar-refractivity contribution in [3.63, 3.8) is 0 Å². The molecule has 2 aliphatic rings. The molecule has 188 valence electrons. The van der Waals surface area contributed by atoms with E-state index in [-0.39, 0.29) is 42.9 Å². The Morgan fingerprint density at radius 3 is 2.29 bits per heavy atom. The van der Waals surface area contributed by atoms with Crippen LogP contribution in [0.5, 0.6) is 11.5 Å². The molecule has 0 radical (unpaired) electrons. The number of benzene rings is 2. The standard InChI is InChI=1S/C28H35FN2O4/c1-19(2)35-24-15-12-21(16-25(24)34-3)27-28(33)30(23-8-6-4-5-7-9-23)18-26(32)31(27)17-20-10-13-22(29)14-11-20/h10-16,19,23,27H,4-9,17-18H2,1-3H3. The molecule has 6 nitrogen and oxygen atoms in total. The number of hydrogen-bond donors (Lipinski definition) is 0. The number of amides is 2. The second-order valence-corrected chi connectivity index (χ2v) is 9.74. The van der Waals surface area contributed by atoms with Crippen LogP contribution in [0, 0.1) is 5.82 Å². The van der Waals surface area contributed by atoms with E-state index in [1.165, 1.54) is 25.0 Å². The Kier molecular flexibility index (Phi) is 7.93. The summed E-state index contributed by atoms with van der Waals surface area (Å²) in [5.41, 5.74) is 1.45. The number of carbonyl (C=O) groups is 2. The zero-order chi connectivity index (χ0) is 24.9. The Morgan fingerprint density at radius 2 is 1.66 bits per heavy atom. The van der Waals surface area contributed by atoms with E-state index >= 15 is 0 Å². The summed E-state index contributed by atoms with van der Waals surface area (Å²) in [5, 5.41) is 0. The molecular weight excluding hydrogens is 447 g/mol. The number of rotatable bonds is 7. The number of carbonyl (C=O) groups excluding carboxylic acids is 2. The van der Waals surface area contributed by atoms with E-state index in [4.69, 9.17) is 9.47 Å². The van der Waals surface area contributed by atoms with Crippen LogP contribution in [-0.2, 0) is 16.1 Å². The molecule has 2 amide bonds. The summed E-state index contributed by atoms with van der Waals surface area (Å²) >= 11 is 0. The van der Waals surface area contributed by atoms with Gasteiger partial charge in [-0.1, -0.05) is 43.9 Å². The van der Waals surface area contributed by atoms with E-state index in [0.717, 1.165) is 31.2 Å². The van der Waals surface area contributed by atoms with Gasteiger partial charge in [0.1, 0.15) is 18.4 Å². The van der Waals surface area contributed by atoms with Gasteiger partial charge in [0, 0.05) is 12.6 Å². The lowest BCUT2D eigenvalue weighted by atomic mass is 9.96. The van der Waals surface area contributed by atoms with Crippen LogP contribution >= 0.6 is 0 Å². The lowest BCUT2D eigenvalue weighted by Gasteiger charge is -2.43. The molecule has 1 saturated carbocycles. The number of nitrogens with zero attached hydrogens (tertiary/aromatic N) is 2. The van der Waals surface area contributed by atoms with E-state index in [2.05, 4.69) is 0 Å². The molecule has 1 saturated heterocycles. The summed E-state index contributed by atoms with van der Waals surface area (Å²) in [5.74, 6) is 0.593. The number of methoxy groups -OCH3 is 1. The fourth-order valence-corrected chi connectivity index (χ4v) is 5.12. The SMILES string of the molecule is COc1cc(C2C(=O)N(C3CCCCCC3)CC(=O)N2Cc2ccc(F)cc2)ccc1OC(C)C. The molecular formula is C28H35FN2O4. The van der Waals surface area contributed by atoms with Crippen molar-refractivity contribution in [1.82, 2.24) is 9.80 Å². The normalized spacial score (nSPS) is 19.7. The van der Waals surface area contributed by atoms with Crippen LogP contribution in [-0.4, -0.2) is 47.4 Å². The number of hydrogen-bond acceptors (Lipinski definition) is 4. The van der Waals surface area contributed by atoms with E-state index in [1.54, 1.807) is 41.2 Å². The second-order valence-electron chi connectivity index (χ2n) is 9.74. The van der Waals surface area contributed by atoms with Crippen LogP contribution in [0.2, 0.25) is 0 Å². The molecule has 0 bridgehead atoms. The highest BCUT2D eigenvalue weighted by molar-refractivity contribution is 5.96. The lowest BCUT2D eigenvalue weighted by molar-refractivity contribution is -0.159. The van der Waals surface area contributed by atoms with Gasteiger partial charge in [-0.25, -0.2) is 4.39 Å². The Hall–Kier alpha value is -3.09. The van der Waals surface area contributed by atoms with E-state index in [9.17, 15) is 14.0 Å². The largest absolute Gasteiger partial charge is 0.493 e. The van der Waals surface area contributed by atoms with Gasteiger partial charge < -0.3 is 19.3 Å². The maximum Gasteiger partial charge on any atom is 0.250 e. The number of piperazine rings is 1. The lowest BCUT2D eigenvalue weighted by Crippen LogP contribution is -2.57. The van der Waals surface area contributed by atoms with Gasteiger partial charge in [-0.15, -0.1) is 0 Å². The highest BCUT2D eigenvalue weighted by atomic mass is 19.1. The predicted molar refractivity (Wildman–Crippen MR) is 132 cm³/mol. The molecule has 0 spiro atoms. The van der Waals surface area contributed by atoms with E-state index in [1.807, 2.05) is 19.9 Å². The van der Waals surface area contributed by atoms with Crippen molar-refractivity contribution >= 4 is 11.8 Å². The molecule has 0 N–H and O–H groups in total. The maximum atomic E-state index is 14.0. The third kappa shape index (κ3) is 5.77. The summed E-state index contributed by atoms with van der Waals surface area (Å²) < 4.78 is 24.9. The van der Waals surface area contributed by atoms with Gasteiger partial charge in [0.25, 0.3) is 5.91 Å². The minimum Gasteiger partial charge on any atom is -0.493 e. The van der Waals surface area contributed by atoms with Crippen molar-refractivity contribution < 1.29 is 23.5 Å². The van der Waals surface area contributed by atoms with Crippen molar-refractivity contribution in [2.24, 2.45) is 0 Å². The molecule has 0 aromatic heterocycles. The molecule has 1 aliphatic heterocycles. The average Bonchev–Trinajstić information content (AvgIpc) is 3.12.